The molecule has 9 heteroatoms. The van der Waals surface area contributed by atoms with E-state index in [1.54, 1.807) is 29.2 Å². The lowest BCUT2D eigenvalue weighted by Gasteiger charge is -2.31. The van der Waals surface area contributed by atoms with E-state index in [9.17, 15) is 22.8 Å². The Morgan fingerprint density at radius 3 is 2.34 bits per heavy atom. The van der Waals surface area contributed by atoms with Crippen LogP contribution in [0.5, 0.6) is 0 Å². The van der Waals surface area contributed by atoms with Crippen molar-refractivity contribution in [1.82, 2.24) is 4.90 Å². The number of hydrogen-bond acceptors (Lipinski definition) is 2. The van der Waals surface area contributed by atoms with E-state index >= 15 is 0 Å². The molecule has 2 amide bonds. The number of carbonyl (C=O) groups is 2. The quantitative estimate of drug-likeness (QED) is 0.678. The van der Waals surface area contributed by atoms with E-state index in [-0.39, 0.29) is 16.6 Å². The first-order valence-corrected chi connectivity index (χ1v) is 9.63. The van der Waals surface area contributed by atoms with Crippen LogP contribution in [0, 0.1) is 5.92 Å². The average molecular weight is 445 g/mol. The van der Waals surface area contributed by atoms with Crippen LogP contribution in [-0.4, -0.2) is 29.8 Å². The SMILES string of the molecule is O=C(Nc1cc(C(F)(F)F)ccc1Cl)C1CCN(C(=O)c2cccc(Cl)c2)CC1. The van der Waals surface area contributed by atoms with Gasteiger partial charge in [-0.05, 0) is 49.2 Å². The summed E-state index contributed by atoms with van der Waals surface area (Å²) in [7, 11) is 0. The molecule has 0 spiro atoms. The summed E-state index contributed by atoms with van der Waals surface area (Å²) in [5, 5.41) is 2.97. The summed E-state index contributed by atoms with van der Waals surface area (Å²) < 4.78 is 38.6. The molecule has 1 aliphatic rings. The van der Waals surface area contributed by atoms with E-state index in [0.717, 1.165) is 18.2 Å². The van der Waals surface area contributed by atoms with Crippen molar-refractivity contribution in [3.8, 4) is 0 Å². The monoisotopic (exact) mass is 444 g/mol. The Bertz CT molecular complexity index is 926. The molecule has 0 atom stereocenters. The van der Waals surface area contributed by atoms with Crippen molar-refractivity contribution in [3.63, 3.8) is 0 Å². The third-order valence-electron chi connectivity index (χ3n) is 4.78. The van der Waals surface area contributed by atoms with E-state index in [1.165, 1.54) is 0 Å². The van der Waals surface area contributed by atoms with Crippen molar-refractivity contribution in [3.05, 3.63) is 63.6 Å². The molecule has 0 aromatic heterocycles. The molecule has 0 saturated carbocycles. The van der Waals surface area contributed by atoms with Gasteiger partial charge in [-0.15, -0.1) is 0 Å². The minimum absolute atomic E-state index is 0.0277. The molecular formula is C20H17Cl2F3N2O2. The number of nitrogens with zero attached hydrogens (tertiary/aromatic N) is 1. The number of carbonyl (C=O) groups excluding carboxylic acids is 2. The minimum atomic E-state index is -4.53. The molecule has 29 heavy (non-hydrogen) atoms. The third-order valence-corrected chi connectivity index (χ3v) is 5.34. The zero-order chi connectivity index (χ0) is 21.2. The van der Waals surface area contributed by atoms with Crippen LogP contribution in [0.25, 0.3) is 0 Å². The molecule has 154 valence electrons. The van der Waals surface area contributed by atoms with Gasteiger partial charge in [-0.2, -0.15) is 13.2 Å². The highest BCUT2D eigenvalue weighted by Crippen LogP contribution is 2.34. The maximum Gasteiger partial charge on any atom is 0.416 e. The smallest absolute Gasteiger partial charge is 0.339 e. The second kappa shape index (κ2) is 8.63. The summed E-state index contributed by atoms with van der Waals surface area (Å²) in [6.07, 6.45) is -3.74. The molecule has 2 aromatic rings. The summed E-state index contributed by atoms with van der Waals surface area (Å²) in [6, 6.07) is 9.39. The van der Waals surface area contributed by atoms with Crippen LogP contribution >= 0.6 is 23.2 Å². The Morgan fingerprint density at radius 1 is 1.03 bits per heavy atom. The number of piperidine rings is 1. The van der Waals surface area contributed by atoms with Crippen LogP contribution in [0.4, 0.5) is 18.9 Å². The number of benzene rings is 2. The van der Waals surface area contributed by atoms with Crippen molar-refractivity contribution >= 4 is 40.7 Å². The molecule has 0 unspecified atom stereocenters. The zero-order valence-electron chi connectivity index (χ0n) is 15.1. The average Bonchev–Trinajstić information content (AvgIpc) is 2.68. The Kier molecular flexibility index (Phi) is 6.39. The second-order valence-electron chi connectivity index (χ2n) is 6.76. The molecular weight excluding hydrogens is 428 g/mol. The highest BCUT2D eigenvalue weighted by molar-refractivity contribution is 6.33. The second-order valence-corrected chi connectivity index (χ2v) is 7.60. The standard InChI is InChI=1S/C20H17Cl2F3N2O2/c21-15-3-1-2-13(10-15)19(29)27-8-6-12(7-9-27)18(28)26-17-11-14(20(23,24)25)4-5-16(17)22/h1-5,10-12H,6-9H2,(H,26,28). The number of nitrogens with one attached hydrogen (secondary N) is 1. The van der Waals surface area contributed by atoms with Gasteiger partial charge in [0.25, 0.3) is 5.91 Å². The van der Waals surface area contributed by atoms with E-state index in [1.807, 2.05) is 0 Å². The molecule has 1 heterocycles. The van der Waals surface area contributed by atoms with Crippen LogP contribution in [0.15, 0.2) is 42.5 Å². The van der Waals surface area contributed by atoms with Gasteiger partial charge in [-0.25, -0.2) is 0 Å². The molecule has 0 bridgehead atoms. The molecule has 2 aromatic carbocycles. The number of rotatable bonds is 3. The van der Waals surface area contributed by atoms with Crippen LogP contribution in [0.2, 0.25) is 10.0 Å². The maximum atomic E-state index is 12.9. The van der Waals surface area contributed by atoms with Gasteiger partial charge in [0.2, 0.25) is 5.91 Å². The largest absolute Gasteiger partial charge is 0.416 e. The van der Waals surface area contributed by atoms with Crippen LogP contribution in [-0.2, 0) is 11.0 Å². The van der Waals surface area contributed by atoms with Crippen LogP contribution in [0.3, 0.4) is 0 Å². The van der Waals surface area contributed by atoms with Crippen molar-refractivity contribution in [2.45, 2.75) is 19.0 Å². The molecule has 1 fully saturated rings. The Labute approximate surface area is 175 Å². The topological polar surface area (TPSA) is 49.4 Å². The third kappa shape index (κ3) is 5.22. The maximum absolute atomic E-state index is 12.9. The van der Waals surface area contributed by atoms with Crippen LogP contribution in [0.1, 0.15) is 28.8 Å². The fourth-order valence-electron chi connectivity index (χ4n) is 3.18. The molecule has 4 nitrogen and oxygen atoms in total. The first-order valence-electron chi connectivity index (χ1n) is 8.87. The van der Waals surface area contributed by atoms with E-state index < -0.39 is 23.6 Å². The number of likely N-dealkylation sites (tertiary alicyclic amines) is 1. The number of amides is 2. The first kappa shape index (κ1) is 21.5. The lowest BCUT2D eigenvalue weighted by molar-refractivity contribution is -0.137. The van der Waals surface area contributed by atoms with Gasteiger partial charge < -0.3 is 10.2 Å². The van der Waals surface area contributed by atoms with E-state index in [4.69, 9.17) is 23.2 Å². The fourth-order valence-corrected chi connectivity index (χ4v) is 3.54. The lowest BCUT2D eigenvalue weighted by atomic mass is 9.95. The Balaban J connectivity index is 1.61. The number of anilines is 1. The van der Waals surface area contributed by atoms with E-state index in [2.05, 4.69) is 5.32 Å². The molecule has 0 radical (unpaired) electrons. The summed E-state index contributed by atoms with van der Waals surface area (Å²) in [4.78, 5) is 26.7. The Hall–Kier alpha value is -2.25. The predicted molar refractivity (Wildman–Crippen MR) is 105 cm³/mol. The van der Waals surface area contributed by atoms with Gasteiger partial charge in [0.15, 0.2) is 0 Å². The molecule has 1 aliphatic heterocycles. The summed E-state index contributed by atoms with van der Waals surface area (Å²) >= 11 is 11.8. The number of alkyl halides is 3. The van der Waals surface area contributed by atoms with E-state index in [0.29, 0.717) is 36.5 Å². The van der Waals surface area contributed by atoms with Crippen molar-refractivity contribution in [2.24, 2.45) is 5.92 Å². The molecule has 0 aliphatic carbocycles. The van der Waals surface area contributed by atoms with Crippen LogP contribution < -0.4 is 5.32 Å². The van der Waals surface area contributed by atoms with Crippen molar-refractivity contribution in [2.75, 3.05) is 18.4 Å². The lowest BCUT2D eigenvalue weighted by Crippen LogP contribution is -2.41. The molecule has 1 saturated heterocycles. The van der Waals surface area contributed by atoms with Gasteiger partial charge in [-0.3, -0.25) is 9.59 Å². The summed E-state index contributed by atoms with van der Waals surface area (Å²) in [5.74, 6) is -1.02. The van der Waals surface area contributed by atoms with Gasteiger partial charge in [0.05, 0.1) is 16.3 Å². The van der Waals surface area contributed by atoms with Crippen molar-refractivity contribution < 1.29 is 22.8 Å². The minimum Gasteiger partial charge on any atom is -0.339 e. The number of hydrogen-bond donors (Lipinski definition) is 1. The van der Waals surface area contributed by atoms with Gasteiger partial charge in [-0.1, -0.05) is 29.3 Å². The highest BCUT2D eigenvalue weighted by atomic mass is 35.5. The fraction of sp³-hybridized carbons (Fsp3) is 0.300. The first-order chi connectivity index (χ1) is 13.6. The van der Waals surface area contributed by atoms with Gasteiger partial charge in [0, 0.05) is 29.6 Å². The highest BCUT2D eigenvalue weighted by Gasteiger charge is 2.32. The van der Waals surface area contributed by atoms with Gasteiger partial charge >= 0.3 is 6.18 Å². The normalized spacial score (nSPS) is 15.3. The Morgan fingerprint density at radius 2 is 1.72 bits per heavy atom. The summed E-state index contributed by atoms with van der Waals surface area (Å²) in [6.45, 7) is 0.722. The number of halogens is 5. The predicted octanol–water partition coefficient (Wildman–Crippen LogP) is 5.50. The zero-order valence-corrected chi connectivity index (χ0v) is 16.6. The van der Waals surface area contributed by atoms with Crippen molar-refractivity contribution in [1.29, 1.82) is 0 Å². The molecule has 1 N–H and O–H groups in total. The summed E-state index contributed by atoms with van der Waals surface area (Å²) in [5.41, 5.74) is -0.501. The molecule has 3 rings (SSSR count). The van der Waals surface area contributed by atoms with Gasteiger partial charge in [0.1, 0.15) is 0 Å².